The maximum atomic E-state index is 11.1. The highest BCUT2D eigenvalue weighted by Gasteiger charge is 2.27. The zero-order chi connectivity index (χ0) is 12.7. The lowest BCUT2D eigenvalue weighted by molar-refractivity contribution is -0.384. The lowest BCUT2D eigenvalue weighted by atomic mass is 10.2. The van der Waals surface area contributed by atoms with E-state index in [1.807, 2.05) is 4.90 Å². The van der Waals surface area contributed by atoms with Crippen LogP contribution >= 0.6 is 0 Å². The van der Waals surface area contributed by atoms with Crippen molar-refractivity contribution in [1.29, 1.82) is 0 Å². The molecule has 0 aliphatic carbocycles. The normalized spacial score (nSPS) is 19.6. The highest BCUT2D eigenvalue weighted by atomic mass is 16.6. The number of rotatable bonds is 2. The van der Waals surface area contributed by atoms with Crippen LogP contribution < -0.4 is 4.90 Å². The molecular formula is C11H12N4O3. The van der Waals surface area contributed by atoms with Gasteiger partial charge in [0.25, 0.3) is 5.69 Å². The summed E-state index contributed by atoms with van der Waals surface area (Å²) in [5.41, 5.74) is 1.23. The van der Waals surface area contributed by atoms with Crippen LogP contribution in [0.2, 0.25) is 0 Å². The number of anilines is 1. The van der Waals surface area contributed by atoms with Crippen LogP contribution in [-0.4, -0.2) is 39.4 Å². The Labute approximate surface area is 102 Å². The van der Waals surface area contributed by atoms with Crippen molar-refractivity contribution >= 4 is 22.3 Å². The number of aromatic nitrogens is 2. The fraction of sp³-hybridized carbons (Fsp3) is 0.364. The summed E-state index contributed by atoms with van der Waals surface area (Å²) >= 11 is 0. The zero-order valence-electron chi connectivity index (χ0n) is 9.54. The minimum Gasteiger partial charge on any atom is -0.391 e. The van der Waals surface area contributed by atoms with Crippen LogP contribution in [0, 0.1) is 10.1 Å². The molecule has 2 N–H and O–H groups in total. The van der Waals surface area contributed by atoms with Crippen LogP contribution in [0.25, 0.3) is 10.9 Å². The third kappa shape index (κ3) is 1.68. The summed E-state index contributed by atoms with van der Waals surface area (Å²) < 4.78 is 0. The largest absolute Gasteiger partial charge is 0.391 e. The molecule has 7 nitrogen and oxygen atoms in total. The van der Waals surface area contributed by atoms with Crippen LogP contribution in [0.4, 0.5) is 11.4 Å². The van der Waals surface area contributed by atoms with E-state index in [1.54, 1.807) is 12.3 Å². The second-order valence-corrected chi connectivity index (χ2v) is 4.44. The Balaban J connectivity index is 2.12. The molecule has 0 radical (unpaired) electrons. The van der Waals surface area contributed by atoms with Crippen LogP contribution in [0.5, 0.6) is 0 Å². The van der Waals surface area contributed by atoms with Crippen LogP contribution in [-0.2, 0) is 0 Å². The number of aliphatic hydroxyl groups excluding tert-OH is 1. The first kappa shape index (κ1) is 11.0. The minimum absolute atomic E-state index is 0.0425. The molecule has 18 heavy (non-hydrogen) atoms. The lowest BCUT2D eigenvalue weighted by Gasteiger charge is -2.17. The molecule has 1 aromatic heterocycles. The van der Waals surface area contributed by atoms with E-state index >= 15 is 0 Å². The summed E-state index contributed by atoms with van der Waals surface area (Å²) in [7, 11) is 0. The Morgan fingerprint density at radius 2 is 2.39 bits per heavy atom. The minimum atomic E-state index is -0.412. The molecule has 1 aromatic carbocycles. The summed E-state index contributed by atoms with van der Waals surface area (Å²) in [6.07, 6.45) is 1.86. The molecule has 2 aromatic rings. The first-order valence-electron chi connectivity index (χ1n) is 5.69. The summed E-state index contributed by atoms with van der Waals surface area (Å²) in [6, 6.07) is 3.23. The summed E-state index contributed by atoms with van der Waals surface area (Å²) in [5, 5.41) is 28.1. The van der Waals surface area contributed by atoms with E-state index in [4.69, 9.17) is 0 Å². The standard InChI is InChI=1S/C11H12N4O3/c16-8-1-2-14(6-8)10-3-7-5-12-13-9(7)4-11(10)15(17)18/h3-5,8,16H,1-2,6H2,(H,12,13)/t8-/m0/s1. The van der Waals surface area contributed by atoms with Gasteiger partial charge >= 0.3 is 0 Å². The smallest absolute Gasteiger partial charge is 0.294 e. The van der Waals surface area contributed by atoms with Crippen molar-refractivity contribution in [2.75, 3.05) is 18.0 Å². The van der Waals surface area contributed by atoms with E-state index in [1.165, 1.54) is 6.07 Å². The number of aromatic amines is 1. The number of benzene rings is 1. The molecule has 0 unspecified atom stereocenters. The maximum Gasteiger partial charge on any atom is 0.294 e. The number of hydrogen-bond acceptors (Lipinski definition) is 5. The van der Waals surface area contributed by atoms with E-state index in [0.29, 0.717) is 30.7 Å². The molecule has 1 saturated heterocycles. The Bertz CT molecular complexity index is 609. The van der Waals surface area contributed by atoms with E-state index < -0.39 is 11.0 Å². The number of hydrogen-bond donors (Lipinski definition) is 2. The van der Waals surface area contributed by atoms with Crippen molar-refractivity contribution in [2.45, 2.75) is 12.5 Å². The van der Waals surface area contributed by atoms with E-state index in [0.717, 1.165) is 5.39 Å². The van der Waals surface area contributed by atoms with Gasteiger partial charge < -0.3 is 10.0 Å². The lowest BCUT2D eigenvalue weighted by Crippen LogP contribution is -2.22. The highest BCUT2D eigenvalue weighted by molar-refractivity contribution is 5.87. The number of nitrogens with one attached hydrogen (secondary N) is 1. The summed E-state index contributed by atoms with van der Waals surface area (Å²) in [5.74, 6) is 0. The Hall–Kier alpha value is -2.15. The molecule has 1 atom stereocenters. The van der Waals surface area contributed by atoms with Gasteiger partial charge in [-0.15, -0.1) is 0 Å². The van der Waals surface area contributed by atoms with Crippen molar-refractivity contribution in [2.24, 2.45) is 0 Å². The second-order valence-electron chi connectivity index (χ2n) is 4.44. The number of β-amino-alcohol motifs (C(OH)–C–C–N with tert-alkyl or cyclic N) is 1. The van der Waals surface area contributed by atoms with Crippen LogP contribution in [0.15, 0.2) is 18.3 Å². The van der Waals surface area contributed by atoms with Crippen LogP contribution in [0.3, 0.4) is 0 Å². The van der Waals surface area contributed by atoms with E-state index in [9.17, 15) is 15.2 Å². The number of H-pyrrole nitrogens is 1. The molecular weight excluding hydrogens is 236 g/mol. The van der Waals surface area contributed by atoms with Gasteiger partial charge in [-0.3, -0.25) is 15.2 Å². The van der Waals surface area contributed by atoms with Gasteiger partial charge in [0.15, 0.2) is 0 Å². The molecule has 94 valence electrons. The summed E-state index contributed by atoms with van der Waals surface area (Å²) in [6.45, 7) is 1.07. The van der Waals surface area contributed by atoms with Gasteiger partial charge in [-0.2, -0.15) is 5.10 Å². The number of fused-ring (bicyclic) bond motifs is 1. The predicted octanol–water partition coefficient (Wildman–Crippen LogP) is 1.04. The van der Waals surface area contributed by atoms with Gasteiger partial charge in [-0.25, -0.2) is 0 Å². The third-order valence-corrected chi connectivity index (χ3v) is 3.24. The topological polar surface area (TPSA) is 95.3 Å². The van der Waals surface area contributed by atoms with Crippen molar-refractivity contribution in [3.8, 4) is 0 Å². The van der Waals surface area contributed by atoms with Gasteiger partial charge in [0.05, 0.1) is 22.7 Å². The zero-order valence-corrected chi connectivity index (χ0v) is 9.54. The Morgan fingerprint density at radius 1 is 1.56 bits per heavy atom. The molecule has 0 bridgehead atoms. The molecule has 3 rings (SSSR count). The van der Waals surface area contributed by atoms with Crippen molar-refractivity contribution < 1.29 is 10.0 Å². The molecule has 7 heteroatoms. The fourth-order valence-corrected chi connectivity index (χ4v) is 2.33. The fourth-order valence-electron chi connectivity index (χ4n) is 2.33. The Morgan fingerprint density at radius 3 is 3.06 bits per heavy atom. The van der Waals surface area contributed by atoms with Gasteiger partial charge in [0.2, 0.25) is 0 Å². The molecule has 1 aliphatic heterocycles. The van der Waals surface area contributed by atoms with Crippen LogP contribution in [0.1, 0.15) is 6.42 Å². The van der Waals surface area contributed by atoms with E-state index in [2.05, 4.69) is 10.2 Å². The molecule has 0 spiro atoms. The molecule has 2 heterocycles. The van der Waals surface area contributed by atoms with Crippen molar-refractivity contribution in [1.82, 2.24) is 10.2 Å². The monoisotopic (exact) mass is 248 g/mol. The first-order valence-corrected chi connectivity index (χ1v) is 5.69. The number of nitrogens with zero attached hydrogens (tertiary/aromatic N) is 3. The van der Waals surface area contributed by atoms with Gasteiger partial charge in [-0.05, 0) is 12.5 Å². The second kappa shape index (κ2) is 3.95. The predicted molar refractivity (Wildman–Crippen MR) is 65.6 cm³/mol. The average molecular weight is 248 g/mol. The molecule has 1 aliphatic rings. The third-order valence-electron chi connectivity index (χ3n) is 3.24. The molecule has 0 saturated carbocycles. The van der Waals surface area contributed by atoms with Crippen molar-refractivity contribution in [3.05, 3.63) is 28.4 Å². The SMILES string of the molecule is O=[N+]([O-])c1cc2[nH]ncc2cc1N1CC[C@H](O)C1. The maximum absolute atomic E-state index is 11.1. The van der Waals surface area contributed by atoms with Gasteiger partial charge in [-0.1, -0.05) is 0 Å². The molecule has 1 fully saturated rings. The molecule has 0 amide bonds. The van der Waals surface area contributed by atoms with Gasteiger partial charge in [0.1, 0.15) is 5.69 Å². The van der Waals surface area contributed by atoms with Gasteiger partial charge in [0, 0.05) is 24.5 Å². The highest BCUT2D eigenvalue weighted by Crippen LogP contribution is 2.34. The summed E-state index contributed by atoms with van der Waals surface area (Å²) in [4.78, 5) is 12.5. The Kier molecular flexibility index (Phi) is 2.41. The quantitative estimate of drug-likeness (QED) is 0.611. The number of aliphatic hydroxyl groups is 1. The average Bonchev–Trinajstić information content (AvgIpc) is 2.94. The van der Waals surface area contributed by atoms with Crippen molar-refractivity contribution in [3.63, 3.8) is 0 Å². The van der Waals surface area contributed by atoms with E-state index in [-0.39, 0.29) is 5.69 Å². The number of nitro benzene ring substituents is 1. The first-order chi connectivity index (χ1) is 8.65. The number of nitro groups is 1.